The lowest BCUT2D eigenvalue weighted by atomic mass is 10.2. The number of nitrogens with zero attached hydrogens (tertiary/aromatic N) is 1. The molecule has 0 aliphatic heterocycles. The highest BCUT2D eigenvalue weighted by Gasteiger charge is 2.13. The third-order valence-corrected chi connectivity index (χ3v) is 3.02. The van der Waals surface area contributed by atoms with Gasteiger partial charge in [0.1, 0.15) is 0 Å². The van der Waals surface area contributed by atoms with Crippen molar-refractivity contribution in [3.63, 3.8) is 0 Å². The monoisotopic (exact) mass is 299 g/mol. The summed E-state index contributed by atoms with van der Waals surface area (Å²) in [6.07, 6.45) is 0.196. The maximum atomic E-state index is 12.1. The number of ether oxygens (including phenoxy) is 1. The second-order valence-corrected chi connectivity index (χ2v) is 4.98. The molecule has 0 unspecified atom stereocenters. The lowest BCUT2D eigenvalue weighted by Crippen LogP contribution is -2.31. The Balaban J connectivity index is 2.55. The van der Waals surface area contributed by atoms with Gasteiger partial charge in [0.25, 0.3) is 5.91 Å². The molecule has 0 aliphatic rings. The zero-order valence-corrected chi connectivity index (χ0v) is 12.0. The normalized spacial score (nSPS) is 10.6. The number of likely N-dealkylation sites (N-methyl/N-ethyl adjacent to an activating group) is 1. The van der Waals surface area contributed by atoms with E-state index in [2.05, 4.69) is 15.9 Å². The van der Waals surface area contributed by atoms with Gasteiger partial charge in [-0.1, -0.05) is 12.1 Å². The highest BCUT2D eigenvalue weighted by molar-refractivity contribution is 9.10. The zero-order valence-electron chi connectivity index (χ0n) is 10.4. The van der Waals surface area contributed by atoms with Crippen LogP contribution in [0.2, 0.25) is 0 Å². The molecular weight excluding hydrogens is 282 g/mol. The SMILES string of the molecule is CC(C)OCCN(C)C(=O)c1ccccc1Br. The topological polar surface area (TPSA) is 29.5 Å². The summed E-state index contributed by atoms with van der Waals surface area (Å²) >= 11 is 3.38. The zero-order chi connectivity index (χ0) is 12.8. The van der Waals surface area contributed by atoms with Crippen LogP contribution in [0.5, 0.6) is 0 Å². The molecule has 1 amide bonds. The molecule has 0 radical (unpaired) electrons. The molecule has 0 fully saturated rings. The van der Waals surface area contributed by atoms with Crippen molar-refractivity contribution in [2.75, 3.05) is 20.2 Å². The Morgan fingerprint density at radius 1 is 1.41 bits per heavy atom. The third kappa shape index (κ3) is 4.48. The van der Waals surface area contributed by atoms with Gasteiger partial charge in [-0.3, -0.25) is 4.79 Å². The van der Waals surface area contributed by atoms with Crippen molar-refractivity contribution in [1.29, 1.82) is 0 Å². The van der Waals surface area contributed by atoms with Gasteiger partial charge >= 0.3 is 0 Å². The lowest BCUT2D eigenvalue weighted by molar-refractivity contribution is 0.0531. The average Bonchev–Trinajstić information content (AvgIpc) is 2.28. The van der Waals surface area contributed by atoms with Crippen LogP contribution in [-0.2, 0) is 4.74 Å². The standard InChI is InChI=1S/C13H18BrNO2/c1-10(2)17-9-8-15(3)13(16)11-6-4-5-7-12(11)14/h4-7,10H,8-9H2,1-3H3. The van der Waals surface area contributed by atoms with Crippen molar-refractivity contribution in [2.24, 2.45) is 0 Å². The van der Waals surface area contributed by atoms with E-state index in [4.69, 9.17) is 4.74 Å². The lowest BCUT2D eigenvalue weighted by Gasteiger charge is -2.18. The first-order valence-electron chi connectivity index (χ1n) is 5.64. The van der Waals surface area contributed by atoms with Gasteiger partial charge < -0.3 is 9.64 Å². The molecule has 0 saturated carbocycles. The maximum Gasteiger partial charge on any atom is 0.254 e. The summed E-state index contributed by atoms with van der Waals surface area (Å²) in [4.78, 5) is 13.8. The van der Waals surface area contributed by atoms with E-state index in [-0.39, 0.29) is 12.0 Å². The van der Waals surface area contributed by atoms with Crippen molar-refractivity contribution in [3.8, 4) is 0 Å². The average molecular weight is 300 g/mol. The molecular formula is C13H18BrNO2. The molecule has 0 spiro atoms. The molecule has 3 nitrogen and oxygen atoms in total. The van der Waals surface area contributed by atoms with Crippen molar-refractivity contribution in [3.05, 3.63) is 34.3 Å². The largest absolute Gasteiger partial charge is 0.377 e. The Morgan fingerprint density at radius 2 is 2.06 bits per heavy atom. The van der Waals surface area contributed by atoms with E-state index in [1.165, 1.54) is 0 Å². The maximum absolute atomic E-state index is 12.1. The Labute approximate surface area is 111 Å². The predicted octanol–water partition coefficient (Wildman–Crippen LogP) is 2.95. The molecule has 94 valence electrons. The molecule has 0 bridgehead atoms. The summed E-state index contributed by atoms with van der Waals surface area (Å²) in [5.41, 5.74) is 0.680. The van der Waals surface area contributed by atoms with Gasteiger partial charge in [0.05, 0.1) is 18.3 Å². The van der Waals surface area contributed by atoms with E-state index in [0.717, 1.165) is 4.47 Å². The summed E-state index contributed by atoms with van der Waals surface area (Å²) in [6.45, 7) is 5.12. The summed E-state index contributed by atoms with van der Waals surface area (Å²) in [7, 11) is 1.78. The molecule has 4 heteroatoms. The molecule has 0 aromatic heterocycles. The Bertz CT molecular complexity index is 379. The molecule has 0 aliphatic carbocycles. The van der Waals surface area contributed by atoms with Crippen molar-refractivity contribution >= 4 is 21.8 Å². The van der Waals surface area contributed by atoms with E-state index in [0.29, 0.717) is 18.7 Å². The number of benzene rings is 1. The molecule has 0 N–H and O–H groups in total. The van der Waals surface area contributed by atoms with Gasteiger partial charge in [-0.25, -0.2) is 0 Å². The number of halogens is 1. The first-order valence-corrected chi connectivity index (χ1v) is 6.43. The Morgan fingerprint density at radius 3 is 2.65 bits per heavy atom. The number of amides is 1. The first-order chi connectivity index (χ1) is 8.02. The summed E-state index contributed by atoms with van der Waals surface area (Å²) in [5, 5.41) is 0. The third-order valence-electron chi connectivity index (χ3n) is 2.33. The minimum absolute atomic E-state index is 0.00447. The summed E-state index contributed by atoms with van der Waals surface area (Å²) in [5.74, 6) is 0.00447. The van der Waals surface area contributed by atoms with Crippen molar-refractivity contribution in [2.45, 2.75) is 20.0 Å². The number of hydrogen-bond acceptors (Lipinski definition) is 2. The van der Waals surface area contributed by atoms with E-state index >= 15 is 0 Å². The fraction of sp³-hybridized carbons (Fsp3) is 0.462. The van der Waals surface area contributed by atoms with E-state index < -0.39 is 0 Å². The highest BCUT2D eigenvalue weighted by Crippen LogP contribution is 2.17. The van der Waals surface area contributed by atoms with Crippen molar-refractivity contribution in [1.82, 2.24) is 4.90 Å². The second kappa shape index (κ2) is 6.77. The van der Waals surface area contributed by atoms with Crippen LogP contribution in [0, 0.1) is 0 Å². The predicted molar refractivity (Wildman–Crippen MR) is 72.2 cm³/mol. The minimum Gasteiger partial charge on any atom is -0.377 e. The van der Waals surface area contributed by atoms with Crippen LogP contribution in [0.4, 0.5) is 0 Å². The summed E-state index contributed by atoms with van der Waals surface area (Å²) < 4.78 is 6.24. The molecule has 1 aromatic carbocycles. The quantitative estimate of drug-likeness (QED) is 0.836. The van der Waals surface area contributed by atoms with Crippen LogP contribution in [0.25, 0.3) is 0 Å². The van der Waals surface area contributed by atoms with E-state index in [9.17, 15) is 4.79 Å². The molecule has 17 heavy (non-hydrogen) atoms. The van der Waals surface area contributed by atoms with Gasteiger partial charge in [0.15, 0.2) is 0 Å². The van der Waals surface area contributed by atoms with Crippen molar-refractivity contribution < 1.29 is 9.53 Å². The van der Waals surface area contributed by atoms with Crippen LogP contribution in [0.15, 0.2) is 28.7 Å². The van der Waals surface area contributed by atoms with Crippen LogP contribution in [0.3, 0.4) is 0 Å². The van der Waals surface area contributed by atoms with Crippen LogP contribution >= 0.6 is 15.9 Å². The van der Waals surface area contributed by atoms with Crippen LogP contribution in [-0.4, -0.2) is 37.1 Å². The van der Waals surface area contributed by atoms with E-state index in [1.807, 2.05) is 38.1 Å². The summed E-state index contributed by atoms with van der Waals surface area (Å²) in [6, 6.07) is 7.43. The van der Waals surface area contributed by atoms with Gasteiger partial charge in [0.2, 0.25) is 0 Å². The fourth-order valence-electron chi connectivity index (χ4n) is 1.37. The molecule has 1 rings (SSSR count). The second-order valence-electron chi connectivity index (χ2n) is 4.13. The minimum atomic E-state index is 0.00447. The van der Waals surface area contributed by atoms with Gasteiger partial charge in [-0.05, 0) is 41.9 Å². The Hall–Kier alpha value is -0.870. The molecule has 1 aromatic rings. The Kier molecular flexibility index (Phi) is 5.65. The first kappa shape index (κ1) is 14.2. The van der Waals surface area contributed by atoms with Crippen LogP contribution in [0.1, 0.15) is 24.2 Å². The number of carbonyl (C=O) groups excluding carboxylic acids is 1. The number of hydrogen-bond donors (Lipinski definition) is 0. The van der Waals surface area contributed by atoms with Gasteiger partial charge in [0, 0.05) is 18.1 Å². The van der Waals surface area contributed by atoms with Gasteiger partial charge in [-0.2, -0.15) is 0 Å². The van der Waals surface area contributed by atoms with E-state index in [1.54, 1.807) is 11.9 Å². The highest BCUT2D eigenvalue weighted by atomic mass is 79.9. The molecule has 0 atom stereocenters. The number of rotatable bonds is 5. The smallest absolute Gasteiger partial charge is 0.254 e. The fourth-order valence-corrected chi connectivity index (χ4v) is 1.82. The molecule has 0 saturated heterocycles. The number of carbonyl (C=O) groups is 1. The van der Waals surface area contributed by atoms with Gasteiger partial charge in [-0.15, -0.1) is 0 Å². The van der Waals surface area contributed by atoms with Crippen LogP contribution < -0.4 is 0 Å². The molecule has 0 heterocycles.